The highest BCUT2D eigenvalue weighted by atomic mass is 16.6. The minimum atomic E-state index is -0.230. The zero-order valence-electron chi connectivity index (χ0n) is 14.2. The Labute approximate surface area is 140 Å². The number of fused-ring (bicyclic) bond motifs is 1. The number of anilines is 1. The normalized spacial score (nSPS) is 11.3. The fourth-order valence-corrected chi connectivity index (χ4v) is 2.00. The summed E-state index contributed by atoms with van der Waals surface area (Å²) in [5.41, 5.74) is 1.21. The number of amides is 1. The van der Waals surface area contributed by atoms with Gasteiger partial charge in [-0.1, -0.05) is 0 Å². The molecule has 0 fully saturated rings. The van der Waals surface area contributed by atoms with Gasteiger partial charge in [0.15, 0.2) is 5.65 Å². The molecule has 9 heteroatoms. The molecule has 0 aliphatic heterocycles. The monoisotopic (exact) mass is 337 g/mol. The molecule has 24 heavy (non-hydrogen) atoms. The number of imidazole rings is 1. The van der Waals surface area contributed by atoms with Gasteiger partial charge in [-0.05, 0) is 13.8 Å². The van der Waals surface area contributed by atoms with E-state index in [0.717, 1.165) is 5.52 Å². The first kappa shape index (κ1) is 18.2. The lowest BCUT2D eigenvalue weighted by Gasteiger charge is -2.18. The van der Waals surface area contributed by atoms with Crippen LogP contribution >= 0.6 is 0 Å². The average molecular weight is 337 g/mol. The predicted octanol–water partition coefficient (Wildman–Crippen LogP) is 1.20. The highest BCUT2D eigenvalue weighted by Gasteiger charge is 2.12. The van der Waals surface area contributed by atoms with E-state index < -0.39 is 0 Å². The fourth-order valence-electron chi connectivity index (χ4n) is 2.00. The fraction of sp³-hybridized carbons (Fsp3) is 0.600. The standard InChI is InChI=1S/C15H23N5O4/c1-4-22-7-12(8-23-5-2)24-10-20-9-17-14-13(20)6-16-15(19-14)18-11(3)21/h6,9,12H,4-5,7-8,10H2,1-3H3,(H,16,18,19,21). The van der Waals surface area contributed by atoms with Crippen LogP contribution in [0.5, 0.6) is 0 Å². The first-order valence-corrected chi connectivity index (χ1v) is 7.86. The number of carbonyl (C=O) groups is 1. The van der Waals surface area contributed by atoms with Gasteiger partial charge in [0.2, 0.25) is 11.9 Å². The third-order valence-corrected chi connectivity index (χ3v) is 3.13. The van der Waals surface area contributed by atoms with E-state index in [-0.39, 0.29) is 24.7 Å². The Morgan fingerprint density at radius 3 is 2.58 bits per heavy atom. The van der Waals surface area contributed by atoms with Crippen LogP contribution in [0.25, 0.3) is 11.2 Å². The van der Waals surface area contributed by atoms with Crippen molar-refractivity contribution in [2.75, 3.05) is 31.7 Å². The topological polar surface area (TPSA) is 100 Å². The molecule has 2 heterocycles. The van der Waals surface area contributed by atoms with Crippen LogP contribution in [0.3, 0.4) is 0 Å². The van der Waals surface area contributed by atoms with Gasteiger partial charge in [-0.3, -0.25) is 10.1 Å². The van der Waals surface area contributed by atoms with Crippen molar-refractivity contribution in [1.29, 1.82) is 0 Å². The summed E-state index contributed by atoms with van der Waals surface area (Å²) < 4.78 is 18.4. The van der Waals surface area contributed by atoms with Crippen LogP contribution < -0.4 is 5.32 Å². The lowest BCUT2D eigenvalue weighted by atomic mass is 10.4. The molecule has 0 saturated carbocycles. The van der Waals surface area contributed by atoms with E-state index in [1.807, 2.05) is 13.8 Å². The average Bonchev–Trinajstić information content (AvgIpc) is 2.96. The molecule has 0 aromatic carbocycles. The molecule has 132 valence electrons. The lowest BCUT2D eigenvalue weighted by Crippen LogP contribution is -2.26. The molecule has 2 aromatic heterocycles. The van der Waals surface area contributed by atoms with Crippen molar-refractivity contribution in [2.24, 2.45) is 0 Å². The molecule has 0 saturated heterocycles. The largest absolute Gasteiger partial charge is 0.379 e. The maximum atomic E-state index is 11.0. The Kier molecular flexibility index (Phi) is 7.04. The maximum Gasteiger partial charge on any atom is 0.231 e. The summed E-state index contributed by atoms with van der Waals surface area (Å²) in [6, 6.07) is 0. The van der Waals surface area contributed by atoms with Crippen LogP contribution in [0.2, 0.25) is 0 Å². The molecule has 9 nitrogen and oxygen atoms in total. The van der Waals surface area contributed by atoms with E-state index in [1.54, 1.807) is 17.1 Å². The molecule has 0 bridgehead atoms. The second-order valence-corrected chi connectivity index (χ2v) is 5.03. The number of nitrogens with one attached hydrogen (secondary N) is 1. The first-order valence-electron chi connectivity index (χ1n) is 7.86. The van der Waals surface area contributed by atoms with Crippen molar-refractivity contribution in [2.45, 2.75) is 33.6 Å². The number of hydrogen-bond acceptors (Lipinski definition) is 7. The molecular weight excluding hydrogens is 314 g/mol. The number of rotatable bonds is 10. The molecule has 1 N–H and O–H groups in total. The summed E-state index contributed by atoms with van der Waals surface area (Å²) >= 11 is 0. The molecular formula is C15H23N5O4. The van der Waals surface area contributed by atoms with Crippen molar-refractivity contribution < 1.29 is 19.0 Å². The van der Waals surface area contributed by atoms with E-state index in [0.29, 0.717) is 32.1 Å². The highest BCUT2D eigenvalue weighted by molar-refractivity contribution is 5.87. The summed E-state index contributed by atoms with van der Waals surface area (Å²) in [7, 11) is 0. The molecule has 0 aliphatic carbocycles. The Morgan fingerprint density at radius 1 is 1.25 bits per heavy atom. The highest BCUT2D eigenvalue weighted by Crippen LogP contribution is 2.12. The second-order valence-electron chi connectivity index (χ2n) is 5.03. The Bertz CT molecular complexity index is 652. The van der Waals surface area contributed by atoms with Crippen LogP contribution in [0, 0.1) is 0 Å². The van der Waals surface area contributed by atoms with E-state index >= 15 is 0 Å². The number of carbonyl (C=O) groups excluding carboxylic acids is 1. The van der Waals surface area contributed by atoms with Crippen LogP contribution in [-0.4, -0.2) is 58.0 Å². The Morgan fingerprint density at radius 2 is 1.96 bits per heavy atom. The minimum absolute atomic E-state index is 0.165. The number of ether oxygens (including phenoxy) is 3. The summed E-state index contributed by atoms with van der Waals surface area (Å²) in [4.78, 5) is 23.5. The molecule has 2 aromatic rings. The molecule has 0 radical (unpaired) electrons. The van der Waals surface area contributed by atoms with Gasteiger partial charge in [0.1, 0.15) is 18.4 Å². The van der Waals surface area contributed by atoms with Crippen molar-refractivity contribution in [3.05, 3.63) is 12.5 Å². The van der Waals surface area contributed by atoms with Gasteiger partial charge in [0, 0.05) is 20.1 Å². The SMILES string of the molecule is CCOCC(COCC)OCn1cnc2nc(NC(C)=O)ncc21. The maximum absolute atomic E-state index is 11.0. The van der Waals surface area contributed by atoms with Crippen molar-refractivity contribution in [3.8, 4) is 0 Å². The van der Waals surface area contributed by atoms with Gasteiger partial charge in [0.05, 0.1) is 25.7 Å². The van der Waals surface area contributed by atoms with Crippen LogP contribution in [0.4, 0.5) is 5.95 Å². The van der Waals surface area contributed by atoms with Gasteiger partial charge in [0.25, 0.3) is 0 Å². The zero-order chi connectivity index (χ0) is 17.4. The predicted molar refractivity (Wildman–Crippen MR) is 87.5 cm³/mol. The summed E-state index contributed by atoms with van der Waals surface area (Å²) in [5, 5.41) is 2.53. The van der Waals surface area contributed by atoms with Crippen molar-refractivity contribution >= 4 is 23.0 Å². The lowest BCUT2D eigenvalue weighted by molar-refractivity contribution is -0.114. The minimum Gasteiger partial charge on any atom is -0.379 e. The van der Waals surface area contributed by atoms with Gasteiger partial charge in [-0.2, -0.15) is 4.98 Å². The summed E-state index contributed by atoms with van der Waals surface area (Å²) in [5.74, 6) is -0.00135. The summed E-state index contributed by atoms with van der Waals surface area (Å²) in [6.45, 7) is 7.73. The van der Waals surface area contributed by atoms with E-state index in [2.05, 4.69) is 20.3 Å². The Hall–Kier alpha value is -2.10. The second kappa shape index (κ2) is 9.26. The molecule has 0 atom stereocenters. The number of aromatic nitrogens is 4. The summed E-state index contributed by atoms with van der Waals surface area (Å²) in [6.07, 6.45) is 3.06. The van der Waals surface area contributed by atoms with Gasteiger partial charge in [-0.25, -0.2) is 9.97 Å². The van der Waals surface area contributed by atoms with Gasteiger partial charge in [-0.15, -0.1) is 0 Å². The van der Waals surface area contributed by atoms with Crippen LogP contribution in [0.1, 0.15) is 20.8 Å². The quantitative estimate of drug-likeness (QED) is 0.695. The zero-order valence-corrected chi connectivity index (χ0v) is 14.2. The molecule has 2 rings (SSSR count). The van der Waals surface area contributed by atoms with Crippen LogP contribution in [0.15, 0.2) is 12.5 Å². The van der Waals surface area contributed by atoms with Gasteiger partial charge < -0.3 is 18.8 Å². The van der Waals surface area contributed by atoms with Crippen molar-refractivity contribution in [3.63, 3.8) is 0 Å². The number of nitrogens with zero attached hydrogens (tertiary/aromatic N) is 4. The first-order chi connectivity index (χ1) is 11.6. The number of hydrogen-bond donors (Lipinski definition) is 1. The molecule has 1 amide bonds. The Balaban J connectivity index is 2.01. The third-order valence-electron chi connectivity index (χ3n) is 3.13. The smallest absolute Gasteiger partial charge is 0.231 e. The van der Waals surface area contributed by atoms with E-state index in [4.69, 9.17) is 14.2 Å². The molecule has 0 spiro atoms. The molecule has 0 aliphatic rings. The van der Waals surface area contributed by atoms with Gasteiger partial charge >= 0.3 is 0 Å². The third kappa shape index (κ3) is 5.22. The van der Waals surface area contributed by atoms with E-state index in [1.165, 1.54) is 6.92 Å². The van der Waals surface area contributed by atoms with Crippen molar-refractivity contribution in [1.82, 2.24) is 19.5 Å². The van der Waals surface area contributed by atoms with Crippen LogP contribution in [-0.2, 0) is 25.7 Å². The van der Waals surface area contributed by atoms with E-state index in [9.17, 15) is 4.79 Å². The molecule has 0 unspecified atom stereocenters.